The third kappa shape index (κ3) is 5.10. The van der Waals surface area contributed by atoms with Crippen LogP contribution in [0.3, 0.4) is 0 Å². The van der Waals surface area contributed by atoms with E-state index in [1.54, 1.807) is 0 Å². The third-order valence-corrected chi connectivity index (χ3v) is 2.95. The highest BCUT2D eigenvalue weighted by atomic mass is 15.3. The van der Waals surface area contributed by atoms with E-state index in [1.807, 2.05) is 0 Å². The Labute approximate surface area is 94.9 Å². The minimum Gasteiger partial charge on any atom is -0.359 e. The van der Waals surface area contributed by atoms with E-state index in [9.17, 15) is 0 Å². The molecule has 0 atom stereocenters. The Hall–Kier alpha value is -0.660. The number of hydrogen-bond donors (Lipinski definition) is 0. The van der Waals surface area contributed by atoms with Crippen LogP contribution in [0.15, 0.2) is 12.4 Å². The van der Waals surface area contributed by atoms with Gasteiger partial charge in [0.2, 0.25) is 0 Å². The topological polar surface area (TPSA) is 6.48 Å². The van der Waals surface area contributed by atoms with Crippen LogP contribution in [-0.4, -0.2) is 29.6 Å². The normalized spacial score (nSPS) is 15.3. The van der Waals surface area contributed by atoms with Crippen LogP contribution in [0.5, 0.6) is 0 Å². The predicted molar refractivity (Wildman–Crippen MR) is 66.5 cm³/mol. The number of hydrogen-bond acceptors (Lipinski definition) is 2. The Morgan fingerprint density at radius 1 is 0.800 bits per heavy atom. The van der Waals surface area contributed by atoms with E-state index in [4.69, 9.17) is 0 Å². The van der Waals surface area contributed by atoms with E-state index >= 15 is 0 Å². The van der Waals surface area contributed by atoms with E-state index in [0.717, 1.165) is 6.67 Å². The van der Waals surface area contributed by atoms with Crippen LogP contribution in [0, 0.1) is 0 Å². The zero-order chi connectivity index (χ0) is 10.9. The van der Waals surface area contributed by atoms with Gasteiger partial charge < -0.3 is 9.80 Å². The summed E-state index contributed by atoms with van der Waals surface area (Å²) in [6.45, 7) is 8.09. The van der Waals surface area contributed by atoms with Crippen LogP contribution < -0.4 is 0 Å². The maximum absolute atomic E-state index is 2.44. The summed E-state index contributed by atoms with van der Waals surface area (Å²) in [5.41, 5.74) is 0. The van der Waals surface area contributed by atoms with Crippen molar-refractivity contribution < 1.29 is 0 Å². The Morgan fingerprint density at radius 2 is 1.40 bits per heavy atom. The average molecular weight is 210 g/mol. The molecule has 1 heterocycles. The zero-order valence-corrected chi connectivity index (χ0v) is 10.4. The molecule has 0 aromatic heterocycles. The standard InChI is InChI=1S/C13H26N2/c1-3-5-7-8-10-15-12-11-14(13-15)9-6-4-2/h11-12H,3-10,13H2,1-2H3. The van der Waals surface area contributed by atoms with E-state index in [0.29, 0.717) is 0 Å². The van der Waals surface area contributed by atoms with Gasteiger partial charge in [-0.3, -0.25) is 0 Å². The van der Waals surface area contributed by atoms with E-state index in [-0.39, 0.29) is 0 Å². The Balaban J connectivity index is 2.02. The lowest BCUT2D eigenvalue weighted by Crippen LogP contribution is -2.26. The first-order valence-electron chi connectivity index (χ1n) is 6.53. The molecule has 0 unspecified atom stereocenters. The Bertz CT molecular complexity index is 177. The molecule has 0 spiro atoms. The molecular weight excluding hydrogens is 184 g/mol. The SMILES string of the molecule is CCCCCCN1C=CN(CCCC)C1. The minimum absolute atomic E-state index is 1.12. The molecule has 0 N–H and O–H groups in total. The Morgan fingerprint density at radius 3 is 2.00 bits per heavy atom. The van der Waals surface area contributed by atoms with Gasteiger partial charge in [0, 0.05) is 25.5 Å². The van der Waals surface area contributed by atoms with Gasteiger partial charge in [-0.15, -0.1) is 0 Å². The van der Waals surface area contributed by atoms with Crippen molar-refractivity contribution in [3.05, 3.63) is 12.4 Å². The summed E-state index contributed by atoms with van der Waals surface area (Å²) in [5, 5.41) is 0. The number of nitrogens with zero attached hydrogens (tertiary/aromatic N) is 2. The van der Waals surface area contributed by atoms with Gasteiger partial charge in [-0.2, -0.15) is 0 Å². The lowest BCUT2D eigenvalue weighted by Gasteiger charge is -2.20. The van der Waals surface area contributed by atoms with Crippen molar-refractivity contribution in [2.45, 2.75) is 52.4 Å². The second-order valence-corrected chi connectivity index (χ2v) is 4.48. The molecule has 1 rings (SSSR count). The lowest BCUT2D eigenvalue weighted by atomic mass is 10.2. The van der Waals surface area contributed by atoms with Gasteiger partial charge in [0.15, 0.2) is 0 Å². The summed E-state index contributed by atoms with van der Waals surface area (Å²) in [5.74, 6) is 0. The number of unbranched alkanes of at least 4 members (excludes halogenated alkanes) is 4. The third-order valence-electron chi connectivity index (χ3n) is 2.95. The predicted octanol–water partition coefficient (Wildman–Crippen LogP) is 3.41. The summed E-state index contributed by atoms with van der Waals surface area (Å²) in [6, 6.07) is 0. The van der Waals surface area contributed by atoms with Gasteiger partial charge in [0.25, 0.3) is 0 Å². The molecule has 0 fully saturated rings. The summed E-state index contributed by atoms with van der Waals surface area (Å²) < 4.78 is 0. The van der Waals surface area contributed by atoms with Crippen molar-refractivity contribution in [1.82, 2.24) is 9.80 Å². The molecule has 0 saturated carbocycles. The van der Waals surface area contributed by atoms with Crippen LogP contribution in [0.25, 0.3) is 0 Å². The molecule has 88 valence electrons. The van der Waals surface area contributed by atoms with Crippen molar-refractivity contribution in [2.24, 2.45) is 0 Å². The van der Waals surface area contributed by atoms with Crippen LogP contribution in [-0.2, 0) is 0 Å². The molecule has 2 nitrogen and oxygen atoms in total. The minimum atomic E-state index is 1.12. The van der Waals surface area contributed by atoms with Gasteiger partial charge in [0.05, 0.1) is 6.67 Å². The van der Waals surface area contributed by atoms with Crippen LogP contribution in [0.2, 0.25) is 0 Å². The quantitative estimate of drug-likeness (QED) is 0.566. The van der Waals surface area contributed by atoms with Crippen LogP contribution in [0.4, 0.5) is 0 Å². The average Bonchev–Trinajstić information content (AvgIpc) is 2.69. The summed E-state index contributed by atoms with van der Waals surface area (Å²) >= 11 is 0. The molecule has 1 aliphatic heterocycles. The second-order valence-electron chi connectivity index (χ2n) is 4.48. The fourth-order valence-corrected chi connectivity index (χ4v) is 1.91. The molecule has 0 aromatic rings. The van der Waals surface area contributed by atoms with Crippen molar-refractivity contribution in [3.8, 4) is 0 Å². The molecule has 0 saturated heterocycles. The Kier molecular flexibility index (Phi) is 6.29. The van der Waals surface area contributed by atoms with E-state index in [2.05, 4.69) is 36.0 Å². The maximum Gasteiger partial charge on any atom is 0.0893 e. The maximum atomic E-state index is 2.44. The molecule has 2 heteroatoms. The fourth-order valence-electron chi connectivity index (χ4n) is 1.91. The van der Waals surface area contributed by atoms with E-state index in [1.165, 1.54) is 51.6 Å². The molecule has 0 bridgehead atoms. The molecule has 0 radical (unpaired) electrons. The summed E-state index contributed by atoms with van der Waals surface area (Å²) in [4.78, 5) is 4.86. The van der Waals surface area contributed by atoms with Gasteiger partial charge in [-0.25, -0.2) is 0 Å². The van der Waals surface area contributed by atoms with Crippen LogP contribution >= 0.6 is 0 Å². The first-order valence-corrected chi connectivity index (χ1v) is 6.53. The van der Waals surface area contributed by atoms with Crippen molar-refractivity contribution in [3.63, 3.8) is 0 Å². The van der Waals surface area contributed by atoms with Crippen LogP contribution in [0.1, 0.15) is 52.4 Å². The molecular formula is C13H26N2. The molecule has 0 amide bonds. The van der Waals surface area contributed by atoms with E-state index < -0.39 is 0 Å². The number of rotatable bonds is 8. The molecule has 15 heavy (non-hydrogen) atoms. The highest BCUT2D eigenvalue weighted by Gasteiger charge is 2.10. The zero-order valence-electron chi connectivity index (χ0n) is 10.4. The molecule has 0 aromatic carbocycles. The lowest BCUT2D eigenvalue weighted by molar-refractivity contribution is 0.258. The first kappa shape index (κ1) is 12.4. The van der Waals surface area contributed by atoms with Gasteiger partial charge in [-0.05, 0) is 12.8 Å². The van der Waals surface area contributed by atoms with Crippen molar-refractivity contribution in [1.29, 1.82) is 0 Å². The smallest absolute Gasteiger partial charge is 0.0893 e. The van der Waals surface area contributed by atoms with Gasteiger partial charge in [0.1, 0.15) is 0 Å². The van der Waals surface area contributed by atoms with Gasteiger partial charge in [-0.1, -0.05) is 39.5 Å². The first-order chi connectivity index (χ1) is 7.36. The van der Waals surface area contributed by atoms with Gasteiger partial charge >= 0.3 is 0 Å². The van der Waals surface area contributed by atoms with Crippen molar-refractivity contribution >= 4 is 0 Å². The fraction of sp³-hybridized carbons (Fsp3) is 0.846. The molecule has 0 aliphatic carbocycles. The summed E-state index contributed by atoms with van der Waals surface area (Å²) in [6.07, 6.45) is 12.6. The highest BCUT2D eigenvalue weighted by molar-refractivity contribution is 4.90. The molecule has 1 aliphatic rings. The van der Waals surface area contributed by atoms with Crippen molar-refractivity contribution in [2.75, 3.05) is 19.8 Å². The largest absolute Gasteiger partial charge is 0.359 e. The monoisotopic (exact) mass is 210 g/mol. The summed E-state index contributed by atoms with van der Waals surface area (Å²) in [7, 11) is 0. The highest BCUT2D eigenvalue weighted by Crippen LogP contribution is 2.09. The second kappa shape index (κ2) is 7.61.